The van der Waals surface area contributed by atoms with Gasteiger partial charge < -0.3 is 9.47 Å². The van der Waals surface area contributed by atoms with E-state index in [1.807, 2.05) is 6.92 Å². The van der Waals surface area contributed by atoms with Crippen LogP contribution in [0.25, 0.3) is 6.08 Å². The first-order chi connectivity index (χ1) is 13.4. The quantitative estimate of drug-likeness (QED) is 0.547. The van der Waals surface area contributed by atoms with Gasteiger partial charge in [0, 0.05) is 0 Å². The Balaban J connectivity index is 1.81. The Kier molecular flexibility index (Phi) is 6.54. The second kappa shape index (κ2) is 8.90. The summed E-state index contributed by atoms with van der Waals surface area (Å²) in [6.45, 7) is 2.53. The van der Waals surface area contributed by atoms with E-state index in [1.165, 1.54) is 4.90 Å². The second-order valence-corrected chi connectivity index (χ2v) is 7.67. The van der Waals surface area contributed by atoms with E-state index in [9.17, 15) is 9.59 Å². The average Bonchev–Trinajstić information content (AvgIpc) is 2.93. The zero-order chi connectivity index (χ0) is 20.3. The highest BCUT2D eigenvalue weighted by Crippen LogP contribution is 2.35. The smallest absolute Gasteiger partial charge is 0.293 e. The summed E-state index contributed by atoms with van der Waals surface area (Å²) in [6.07, 6.45) is 1.66. The minimum Gasteiger partial charge on any atom is -0.493 e. The predicted molar refractivity (Wildman–Crippen MR) is 112 cm³/mol. The van der Waals surface area contributed by atoms with Gasteiger partial charge in [-0.05, 0) is 60.2 Å². The van der Waals surface area contributed by atoms with Crippen LogP contribution in [0.4, 0.5) is 4.79 Å². The lowest BCUT2D eigenvalue weighted by molar-refractivity contribution is -0.123. The third-order valence-corrected chi connectivity index (χ3v) is 5.63. The number of methoxy groups -OCH3 is 1. The maximum absolute atomic E-state index is 12.7. The van der Waals surface area contributed by atoms with Gasteiger partial charge in [0.2, 0.25) is 0 Å². The second-order valence-electron chi connectivity index (χ2n) is 5.86. The number of imide groups is 1. The average molecular weight is 438 g/mol. The maximum atomic E-state index is 12.7. The lowest BCUT2D eigenvalue weighted by Gasteiger charge is -2.13. The van der Waals surface area contributed by atoms with Crippen molar-refractivity contribution in [2.24, 2.45) is 0 Å². The van der Waals surface area contributed by atoms with E-state index in [0.717, 1.165) is 22.9 Å². The molecule has 0 aliphatic carbocycles. The van der Waals surface area contributed by atoms with Crippen LogP contribution in [0.1, 0.15) is 18.1 Å². The van der Waals surface area contributed by atoms with Gasteiger partial charge in [-0.15, -0.1) is 0 Å². The fourth-order valence-electron chi connectivity index (χ4n) is 2.66. The topological polar surface area (TPSA) is 55.8 Å². The van der Waals surface area contributed by atoms with Crippen molar-refractivity contribution >= 4 is 52.2 Å². The van der Waals surface area contributed by atoms with Crippen LogP contribution in [-0.4, -0.2) is 29.8 Å². The minimum absolute atomic E-state index is 0.130. The number of nitrogens with zero attached hydrogens (tertiary/aromatic N) is 1. The van der Waals surface area contributed by atoms with Crippen LogP contribution in [0.15, 0.2) is 41.3 Å². The number of benzene rings is 2. The first-order valence-corrected chi connectivity index (χ1v) is 10.00. The molecule has 3 rings (SSSR count). The van der Waals surface area contributed by atoms with E-state index in [-0.39, 0.29) is 17.7 Å². The molecule has 8 heteroatoms. The van der Waals surface area contributed by atoms with Crippen LogP contribution in [0.5, 0.6) is 11.5 Å². The third-order valence-electron chi connectivity index (χ3n) is 3.98. The van der Waals surface area contributed by atoms with Gasteiger partial charge in [-0.25, -0.2) is 0 Å². The van der Waals surface area contributed by atoms with E-state index in [0.29, 0.717) is 33.1 Å². The first kappa shape index (κ1) is 20.6. The van der Waals surface area contributed by atoms with Crippen molar-refractivity contribution in [3.05, 3.63) is 62.5 Å². The van der Waals surface area contributed by atoms with Crippen LogP contribution < -0.4 is 9.47 Å². The summed E-state index contributed by atoms with van der Waals surface area (Å²) in [5, 5.41) is 0.465. The molecule has 2 aromatic carbocycles. The number of hydrogen-bond donors (Lipinski definition) is 0. The molecule has 1 saturated heterocycles. The number of halogens is 2. The Hall–Kier alpha value is -2.15. The molecule has 0 unspecified atom stereocenters. The zero-order valence-electron chi connectivity index (χ0n) is 15.2. The number of carbonyl (C=O) groups excluding carboxylic acids is 2. The van der Waals surface area contributed by atoms with Crippen LogP contribution >= 0.6 is 35.0 Å². The highest BCUT2D eigenvalue weighted by molar-refractivity contribution is 8.18. The molecule has 0 bridgehead atoms. The molecule has 2 amide bonds. The molecule has 5 nitrogen and oxygen atoms in total. The summed E-state index contributed by atoms with van der Waals surface area (Å²) >= 11 is 12.8. The number of thioether (sulfide) groups is 1. The van der Waals surface area contributed by atoms with Crippen LogP contribution in [0.2, 0.25) is 10.0 Å². The number of rotatable bonds is 6. The van der Waals surface area contributed by atoms with Gasteiger partial charge in [0.05, 0.1) is 35.2 Å². The fraction of sp³-hybridized carbons (Fsp3) is 0.200. The third kappa shape index (κ3) is 4.46. The van der Waals surface area contributed by atoms with Crippen LogP contribution in [-0.2, 0) is 11.3 Å². The molecular weight excluding hydrogens is 421 g/mol. The molecule has 1 aliphatic rings. The molecule has 0 saturated carbocycles. The van der Waals surface area contributed by atoms with Gasteiger partial charge in [0.15, 0.2) is 11.5 Å². The molecule has 2 aromatic rings. The Morgan fingerprint density at radius 3 is 2.54 bits per heavy atom. The molecule has 0 atom stereocenters. The van der Waals surface area contributed by atoms with Crippen molar-refractivity contribution in [2.75, 3.05) is 13.7 Å². The lowest BCUT2D eigenvalue weighted by Crippen LogP contribution is -2.27. The highest BCUT2D eigenvalue weighted by Gasteiger charge is 2.35. The molecule has 0 radical (unpaired) electrons. The van der Waals surface area contributed by atoms with Gasteiger partial charge in [-0.3, -0.25) is 14.5 Å². The van der Waals surface area contributed by atoms with Crippen molar-refractivity contribution in [1.82, 2.24) is 4.90 Å². The predicted octanol–water partition coefficient (Wildman–Crippen LogP) is 5.64. The summed E-state index contributed by atoms with van der Waals surface area (Å²) in [5.74, 6) is 0.828. The van der Waals surface area contributed by atoms with Gasteiger partial charge >= 0.3 is 0 Å². The number of ether oxygens (including phenoxy) is 2. The van der Waals surface area contributed by atoms with E-state index in [4.69, 9.17) is 32.7 Å². The molecule has 0 spiro atoms. The van der Waals surface area contributed by atoms with E-state index in [2.05, 4.69) is 0 Å². The standard InChI is InChI=1S/C20H17Cl2NO4S/c1-3-27-16-7-5-12(9-17(16)26-2)10-18-19(24)23(20(25)28-18)11-13-4-6-14(21)15(22)8-13/h4-10H,3,11H2,1-2H3/b18-10+. The molecule has 1 heterocycles. The summed E-state index contributed by atoms with van der Waals surface area (Å²) in [5.41, 5.74) is 1.46. The molecule has 146 valence electrons. The minimum atomic E-state index is -0.353. The largest absolute Gasteiger partial charge is 0.493 e. The van der Waals surface area contributed by atoms with Crippen LogP contribution in [0, 0.1) is 0 Å². The molecule has 0 aromatic heterocycles. The van der Waals surface area contributed by atoms with E-state index < -0.39 is 0 Å². The first-order valence-electron chi connectivity index (χ1n) is 8.43. The summed E-state index contributed by atoms with van der Waals surface area (Å²) in [6, 6.07) is 10.4. The molecule has 0 N–H and O–H groups in total. The SMILES string of the molecule is CCOc1ccc(/C=C2/SC(=O)N(Cc3ccc(Cl)c(Cl)c3)C2=O)cc1OC. The summed E-state index contributed by atoms with van der Waals surface area (Å²) in [7, 11) is 1.55. The van der Waals surface area contributed by atoms with Crippen LogP contribution in [0.3, 0.4) is 0 Å². The lowest BCUT2D eigenvalue weighted by atomic mass is 10.1. The number of amides is 2. The summed E-state index contributed by atoms with van der Waals surface area (Å²) < 4.78 is 10.8. The Morgan fingerprint density at radius 1 is 1.07 bits per heavy atom. The monoisotopic (exact) mass is 437 g/mol. The van der Waals surface area contributed by atoms with Crippen molar-refractivity contribution in [2.45, 2.75) is 13.5 Å². The van der Waals surface area contributed by atoms with Gasteiger partial charge in [0.25, 0.3) is 11.1 Å². The van der Waals surface area contributed by atoms with Crippen molar-refractivity contribution in [3.8, 4) is 11.5 Å². The fourth-order valence-corrected chi connectivity index (χ4v) is 3.82. The molecule has 1 fully saturated rings. The zero-order valence-corrected chi connectivity index (χ0v) is 17.5. The molecule has 28 heavy (non-hydrogen) atoms. The number of carbonyl (C=O) groups is 2. The van der Waals surface area contributed by atoms with Gasteiger partial charge in [0.1, 0.15) is 0 Å². The number of hydrogen-bond acceptors (Lipinski definition) is 5. The molecule has 1 aliphatic heterocycles. The highest BCUT2D eigenvalue weighted by atomic mass is 35.5. The normalized spacial score (nSPS) is 15.4. The van der Waals surface area contributed by atoms with Crippen molar-refractivity contribution in [1.29, 1.82) is 0 Å². The Morgan fingerprint density at radius 2 is 1.86 bits per heavy atom. The van der Waals surface area contributed by atoms with Crippen molar-refractivity contribution < 1.29 is 19.1 Å². The maximum Gasteiger partial charge on any atom is 0.293 e. The summed E-state index contributed by atoms with van der Waals surface area (Å²) in [4.78, 5) is 26.6. The molecular formula is C20H17Cl2NO4S. The van der Waals surface area contributed by atoms with Crippen molar-refractivity contribution in [3.63, 3.8) is 0 Å². The van der Waals surface area contributed by atoms with Gasteiger partial charge in [-0.1, -0.05) is 35.3 Å². The van der Waals surface area contributed by atoms with E-state index >= 15 is 0 Å². The Bertz CT molecular complexity index is 961. The van der Waals surface area contributed by atoms with E-state index in [1.54, 1.807) is 49.6 Å². The Labute approximate surface area is 177 Å². The van der Waals surface area contributed by atoms with Gasteiger partial charge in [-0.2, -0.15) is 0 Å².